The maximum atomic E-state index is 5.96. The number of rotatable bonds is 6. The van der Waals surface area contributed by atoms with E-state index in [-0.39, 0.29) is 6.04 Å². The Kier molecular flexibility index (Phi) is 4.52. The van der Waals surface area contributed by atoms with Crippen LogP contribution >= 0.6 is 11.3 Å². The molecule has 0 aliphatic rings. The molecule has 4 nitrogen and oxygen atoms in total. The van der Waals surface area contributed by atoms with Crippen molar-refractivity contribution in [3.8, 4) is 0 Å². The molecular formula is C13H20N4S. The molecule has 0 fully saturated rings. The van der Waals surface area contributed by atoms with Crippen molar-refractivity contribution in [2.24, 2.45) is 12.8 Å². The van der Waals surface area contributed by atoms with Crippen molar-refractivity contribution in [3.63, 3.8) is 0 Å². The molecule has 5 heteroatoms. The van der Waals surface area contributed by atoms with Gasteiger partial charge in [-0.25, -0.2) is 4.98 Å². The zero-order valence-corrected chi connectivity index (χ0v) is 11.7. The van der Waals surface area contributed by atoms with Gasteiger partial charge in [0.2, 0.25) is 0 Å². The second-order valence-corrected chi connectivity index (χ2v) is 5.36. The zero-order chi connectivity index (χ0) is 13.0. The van der Waals surface area contributed by atoms with Gasteiger partial charge in [-0.05, 0) is 18.0 Å². The monoisotopic (exact) mass is 264 g/mol. The van der Waals surface area contributed by atoms with Gasteiger partial charge in [-0.2, -0.15) is 0 Å². The van der Waals surface area contributed by atoms with Gasteiger partial charge < -0.3 is 10.3 Å². The van der Waals surface area contributed by atoms with E-state index in [4.69, 9.17) is 5.73 Å². The predicted molar refractivity (Wildman–Crippen MR) is 75.4 cm³/mol. The second kappa shape index (κ2) is 6.13. The van der Waals surface area contributed by atoms with Crippen LogP contribution in [0.15, 0.2) is 30.0 Å². The molecule has 2 N–H and O–H groups in total. The number of thiophene rings is 1. The van der Waals surface area contributed by atoms with Crippen LogP contribution in [-0.2, 0) is 13.6 Å². The van der Waals surface area contributed by atoms with Crippen molar-refractivity contribution in [3.05, 3.63) is 40.6 Å². The van der Waals surface area contributed by atoms with Crippen LogP contribution < -0.4 is 5.73 Å². The van der Waals surface area contributed by atoms with E-state index in [9.17, 15) is 0 Å². The predicted octanol–water partition coefficient (Wildman–Crippen LogP) is 2.00. The standard InChI is InChI=1S/C13H20N4S/c1-3-17(9-11-5-4-6-18-11)12(7-14)13-8-15-10-16(13)2/h4-6,8,10,12H,3,7,9,14H2,1-2H3. The summed E-state index contributed by atoms with van der Waals surface area (Å²) in [6.07, 6.45) is 3.74. The van der Waals surface area contributed by atoms with Crippen molar-refractivity contribution >= 4 is 11.3 Å². The first-order valence-electron chi connectivity index (χ1n) is 6.19. The summed E-state index contributed by atoms with van der Waals surface area (Å²) in [6.45, 7) is 4.71. The Morgan fingerprint density at radius 1 is 1.56 bits per heavy atom. The lowest BCUT2D eigenvalue weighted by atomic mass is 10.1. The van der Waals surface area contributed by atoms with Gasteiger partial charge in [0.1, 0.15) is 0 Å². The molecule has 0 spiro atoms. The number of likely N-dealkylation sites (N-methyl/N-ethyl adjacent to an activating group) is 1. The number of aromatic nitrogens is 2. The van der Waals surface area contributed by atoms with E-state index in [0.29, 0.717) is 6.54 Å². The minimum atomic E-state index is 0.226. The van der Waals surface area contributed by atoms with Gasteiger partial charge in [0.25, 0.3) is 0 Å². The van der Waals surface area contributed by atoms with Gasteiger partial charge in [0.15, 0.2) is 0 Å². The minimum absolute atomic E-state index is 0.226. The molecular weight excluding hydrogens is 244 g/mol. The van der Waals surface area contributed by atoms with Crippen LogP contribution in [0.1, 0.15) is 23.5 Å². The average molecular weight is 264 g/mol. The maximum absolute atomic E-state index is 5.96. The zero-order valence-electron chi connectivity index (χ0n) is 10.9. The lowest BCUT2D eigenvalue weighted by Crippen LogP contribution is -2.34. The van der Waals surface area contributed by atoms with Crippen molar-refractivity contribution in [2.75, 3.05) is 13.1 Å². The third kappa shape index (κ3) is 2.80. The fourth-order valence-electron chi connectivity index (χ4n) is 2.19. The van der Waals surface area contributed by atoms with Crippen LogP contribution in [0.5, 0.6) is 0 Å². The van der Waals surface area contributed by atoms with Crippen LogP contribution in [0, 0.1) is 0 Å². The van der Waals surface area contributed by atoms with E-state index in [1.807, 2.05) is 19.6 Å². The fraction of sp³-hybridized carbons (Fsp3) is 0.462. The van der Waals surface area contributed by atoms with E-state index in [1.165, 1.54) is 10.6 Å². The van der Waals surface area contributed by atoms with E-state index >= 15 is 0 Å². The highest BCUT2D eigenvalue weighted by Crippen LogP contribution is 2.22. The smallest absolute Gasteiger partial charge is 0.0946 e. The van der Waals surface area contributed by atoms with Crippen molar-refractivity contribution in [1.29, 1.82) is 0 Å². The molecule has 2 heterocycles. The Morgan fingerprint density at radius 2 is 2.39 bits per heavy atom. The SMILES string of the molecule is CCN(Cc1cccs1)C(CN)c1cncn1C. The highest BCUT2D eigenvalue weighted by molar-refractivity contribution is 7.09. The van der Waals surface area contributed by atoms with Crippen LogP contribution in [0.2, 0.25) is 0 Å². The van der Waals surface area contributed by atoms with Crippen molar-refractivity contribution in [1.82, 2.24) is 14.5 Å². The highest BCUT2D eigenvalue weighted by atomic mass is 32.1. The molecule has 0 radical (unpaired) electrons. The summed E-state index contributed by atoms with van der Waals surface area (Å²) < 4.78 is 2.05. The highest BCUT2D eigenvalue weighted by Gasteiger charge is 2.20. The quantitative estimate of drug-likeness (QED) is 0.868. The molecule has 18 heavy (non-hydrogen) atoms. The van der Waals surface area contributed by atoms with Gasteiger partial charge in [-0.3, -0.25) is 4.90 Å². The average Bonchev–Trinajstić information content (AvgIpc) is 3.01. The third-order valence-electron chi connectivity index (χ3n) is 3.20. The summed E-state index contributed by atoms with van der Waals surface area (Å²) in [6, 6.07) is 4.49. The summed E-state index contributed by atoms with van der Waals surface area (Å²) in [5.74, 6) is 0. The number of hydrogen-bond donors (Lipinski definition) is 1. The van der Waals surface area contributed by atoms with Gasteiger partial charge in [-0.1, -0.05) is 13.0 Å². The Morgan fingerprint density at radius 3 is 2.89 bits per heavy atom. The molecule has 2 aromatic heterocycles. The van der Waals surface area contributed by atoms with Crippen LogP contribution in [0.4, 0.5) is 0 Å². The van der Waals surface area contributed by atoms with Gasteiger partial charge in [-0.15, -0.1) is 11.3 Å². The summed E-state index contributed by atoms with van der Waals surface area (Å²) in [4.78, 5) is 7.95. The molecule has 1 atom stereocenters. The van der Waals surface area contributed by atoms with Crippen LogP contribution in [0.3, 0.4) is 0 Å². The summed E-state index contributed by atoms with van der Waals surface area (Å²) in [7, 11) is 2.02. The first-order valence-corrected chi connectivity index (χ1v) is 7.07. The lowest BCUT2D eigenvalue weighted by Gasteiger charge is -2.29. The fourth-order valence-corrected chi connectivity index (χ4v) is 2.92. The van der Waals surface area contributed by atoms with Crippen LogP contribution in [-0.4, -0.2) is 27.5 Å². The molecule has 98 valence electrons. The summed E-state index contributed by atoms with van der Waals surface area (Å²) >= 11 is 1.79. The Labute approximate surface area is 112 Å². The lowest BCUT2D eigenvalue weighted by molar-refractivity contribution is 0.198. The van der Waals surface area contributed by atoms with E-state index in [0.717, 1.165) is 13.1 Å². The number of nitrogens with zero attached hydrogens (tertiary/aromatic N) is 3. The number of nitrogens with two attached hydrogens (primary N) is 1. The molecule has 1 unspecified atom stereocenters. The topological polar surface area (TPSA) is 47.1 Å². The van der Waals surface area contributed by atoms with E-state index in [1.54, 1.807) is 11.3 Å². The normalized spacial score (nSPS) is 13.1. The molecule has 2 aromatic rings. The van der Waals surface area contributed by atoms with Crippen molar-refractivity contribution < 1.29 is 0 Å². The number of aryl methyl sites for hydroxylation is 1. The molecule has 0 aliphatic carbocycles. The first kappa shape index (κ1) is 13.3. The molecule has 2 rings (SSSR count). The third-order valence-corrected chi connectivity index (χ3v) is 4.07. The van der Waals surface area contributed by atoms with Crippen LogP contribution in [0.25, 0.3) is 0 Å². The largest absolute Gasteiger partial charge is 0.336 e. The first-order chi connectivity index (χ1) is 8.76. The summed E-state index contributed by atoms with van der Waals surface area (Å²) in [5.41, 5.74) is 7.14. The van der Waals surface area contributed by atoms with E-state index in [2.05, 4.69) is 38.9 Å². The molecule has 0 bridgehead atoms. The Balaban J connectivity index is 2.16. The second-order valence-electron chi connectivity index (χ2n) is 4.32. The maximum Gasteiger partial charge on any atom is 0.0946 e. The summed E-state index contributed by atoms with van der Waals surface area (Å²) in [5, 5.41) is 2.12. The molecule has 0 saturated heterocycles. The van der Waals surface area contributed by atoms with Gasteiger partial charge in [0, 0.05) is 31.2 Å². The molecule has 0 aromatic carbocycles. The van der Waals surface area contributed by atoms with Crippen molar-refractivity contribution in [2.45, 2.75) is 19.5 Å². The minimum Gasteiger partial charge on any atom is -0.336 e. The van der Waals surface area contributed by atoms with E-state index < -0.39 is 0 Å². The molecule has 0 aliphatic heterocycles. The number of hydrogen-bond acceptors (Lipinski definition) is 4. The number of imidazole rings is 1. The Bertz CT molecular complexity index is 463. The Hall–Kier alpha value is -1.17. The molecule has 0 amide bonds. The molecule has 0 saturated carbocycles. The van der Waals surface area contributed by atoms with Gasteiger partial charge >= 0.3 is 0 Å². The van der Waals surface area contributed by atoms with Gasteiger partial charge in [0.05, 0.1) is 18.1 Å².